The van der Waals surface area contributed by atoms with Crippen LogP contribution in [0.3, 0.4) is 0 Å². The van der Waals surface area contributed by atoms with Gasteiger partial charge in [0.05, 0.1) is 9.73 Å². The van der Waals surface area contributed by atoms with Crippen LogP contribution >= 0.6 is 0 Å². The number of H-pyrrole nitrogens is 1. The number of nitrogens with zero attached hydrogens (tertiary/aromatic N) is 1. The first kappa shape index (κ1) is 21.3. The van der Waals surface area contributed by atoms with Gasteiger partial charge in [0.2, 0.25) is 0 Å². The van der Waals surface area contributed by atoms with E-state index in [2.05, 4.69) is 17.2 Å². The van der Waals surface area contributed by atoms with E-state index in [-0.39, 0.29) is 10.8 Å². The molecule has 32 heavy (non-hydrogen) atoms. The summed E-state index contributed by atoms with van der Waals surface area (Å²) in [7, 11) is -1.06. The molecule has 3 N–H and O–H groups in total. The van der Waals surface area contributed by atoms with Gasteiger partial charge in [-0.2, -0.15) is 0 Å². The van der Waals surface area contributed by atoms with Gasteiger partial charge in [0.15, 0.2) is 0 Å². The quantitative estimate of drug-likeness (QED) is 0.484. The van der Waals surface area contributed by atoms with Crippen molar-refractivity contribution in [3.05, 3.63) is 46.5 Å². The van der Waals surface area contributed by atoms with Gasteiger partial charge in [-0.05, 0) is 75.6 Å². The third-order valence-electron chi connectivity index (χ3n) is 7.10. The summed E-state index contributed by atoms with van der Waals surface area (Å²) in [5.41, 5.74) is 4.27. The fraction of sp³-hybridized carbons (Fsp3) is 0.480. The van der Waals surface area contributed by atoms with Crippen molar-refractivity contribution in [1.29, 1.82) is 4.78 Å². The van der Waals surface area contributed by atoms with Crippen LogP contribution in [-0.4, -0.2) is 25.1 Å². The monoisotopic (exact) mass is 452 g/mol. The van der Waals surface area contributed by atoms with E-state index in [1.165, 1.54) is 12.8 Å². The fourth-order valence-electron chi connectivity index (χ4n) is 4.96. The molecule has 0 unspecified atom stereocenters. The molecule has 0 amide bonds. The zero-order valence-corrected chi connectivity index (χ0v) is 19.8. The van der Waals surface area contributed by atoms with Crippen molar-refractivity contribution in [2.45, 2.75) is 68.6 Å². The molecule has 6 nitrogen and oxygen atoms in total. The molecule has 3 aromatic rings. The van der Waals surface area contributed by atoms with Crippen molar-refractivity contribution in [3.63, 3.8) is 0 Å². The zero-order chi connectivity index (χ0) is 22.6. The molecule has 2 fully saturated rings. The molecule has 0 aliphatic heterocycles. The Labute approximate surface area is 189 Å². The first-order chi connectivity index (χ1) is 15.2. The van der Waals surface area contributed by atoms with E-state index in [0.717, 1.165) is 59.5 Å². The lowest BCUT2D eigenvalue weighted by Gasteiger charge is -2.29. The lowest BCUT2D eigenvalue weighted by molar-refractivity contribution is 0.361. The Balaban J connectivity index is 1.67. The Morgan fingerprint density at radius 3 is 2.50 bits per heavy atom. The van der Waals surface area contributed by atoms with Crippen molar-refractivity contribution in [2.75, 3.05) is 5.32 Å². The number of aromatic nitrogens is 2. The third kappa shape index (κ3) is 3.76. The molecule has 170 valence electrons. The van der Waals surface area contributed by atoms with Crippen LogP contribution in [0.4, 0.5) is 5.69 Å². The number of benzene rings is 1. The standard InChI is InChI=1S/C25H32N4O2S/c1-15-4-6-17(7-5-15)28-23-11-10-19(32(26,31)18-8-9-18)13-20(23)22-14-29(3)25(30)24-21(22)12-16(2)27-24/h10-15,17-18,26-28H,4-9H2,1-3H3/t15?,17?,32-/m0/s1. The van der Waals surface area contributed by atoms with E-state index in [1.54, 1.807) is 11.6 Å². The Morgan fingerprint density at radius 1 is 1.09 bits per heavy atom. The van der Waals surface area contributed by atoms with Crippen LogP contribution in [0.15, 0.2) is 40.2 Å². The molecule has 0 bridgehead atoms. The predicted molar refractivity (Wildman–Crippen MR) is 131 cm³/mol. The second-order valence-electron chi connectivity index (χ2n) is 9.81. The van der Waals surface area contributed by atoms with Gasteiger partial charge < -0.3 is 14.9 Å². The highest BCUT2D eigenvalue weighted by molar-refractivity contribution is 7.93. The summed E-state index contributed by atoms with van der Waals surface area (Å²) in [6, 6.07) is 8.20. The first-order valence-electron chi connectivity index (χ1n) is 11.6. The molecule has 7 heteroatoms. The van der Waals surface area contributed by atoms with Crippen LogP contribution in [0.5, 0.6) is 0 Å². The maximum absolute atomic E-state index is 13.2. The maximum atomic E-state index is 13.2. The summed E-state index contributed by atoms with van der Waals surface area (Å²) in [6.07, 6.45) is 8.28. The topological polar surface area (TPSA) is 90.7 Å². The predicted octanol–water partition coefficient (Wildman–Crippen LogP) is 5.40. The van der Waals surface area contributed by atoms with Crippen molar-refractivity contribution in [3.8, 4) is 11.1 Å². The molecule has 0 saturated heterocycles. The Bertz CT molecular complexity index is 1340. The Morgan fingerprint density at radius 2 is 1.81 bits per heavy atom. The normalized spacial score (nSPS) is 23.2. The number of pyridine rings is 1. The largest absolute Gasteiger partial charge is 0.382 e. The van der Waals surface area contributed by atoms with Crippen molar-refractivity contribution in [1.82, 2.24) is 9.55 Å². The van der Waals surface area contributed by atoms with Gasteiger partial charge >= 0.3 is 0 Å². The minimum Gasteiger partial charge on any atom is -0.382 e. The number of nitrogens with one attached hydrogen (secondary N) is 3. The smallest absolute Gasteiger partial charge is 0.274 e. The van der Waals surface area contributed by atoms with Gasteiger partial charge in [0, 0.05) is 57.3 Å². The minimum absolute atomic E-state index is 0.0383. The lowest BCUT2D eigenvalue weighted by atomic mass is 9.87. The molecule has 5 rings (SSSR count). The highest BCUT2D eigenvalue weighted by atomic mass is 32.2. The third-order valence-corrected chi connectivity index (χ3v) is 9.46. The van der Waals surface area contributed by atoms with E-state index in [4.69, 9.17) is 4.78 Å². The number of fused-ring (bicyclic) bond motifs is 1. The summed E-state index contributed by atoms with van der Waals surface area (Å²) in [5.74, 6) is 0.771. The number of hydrogen-bond acceptors (Lipinski definition) is 4. The highest BCUT2D eigenvalue weighted by Crippen LogP contribution is 2.40. The van der Waals surface area contributed by atoms with Gasteiger partial charge in [-0.1, -0.05) is 6.92 Å². The molecule has 2 aliphatic rings. The average molecular weight is 453 g/mol. The Hall–Kier alpha value is -2.54. The molecule has 0 radical (unpaired) electrons. The second-order valence-corrected chi connectivity index (χ2v) is 12.1. The van der Waals surface area contributed by atoms with Gasteiger partial charge in [0.1, 0.15) is 5.52 Å². The average Bonchev–Trinajstić information content (AvgIpc) is 3.55. The molecule has 0 spiro atoms. The van der Waals surface area contributed by atoms with Crippen LogP contribution < -0.4 is 10.9 Å². The van der Waals surface area contributed by atoms with Gasteiger partial charge in [-0.25, -0.2) is 8.99 Å². The van der Waals surface area contributed by atoms with Crippen LogP contribution in [0.25, 0.3) is 22.0 Å². The van der Waals surface area contributed by atoms with E-state index < -0.39 is 9.73 Å². The summed E-state index contributed by atoms with van der Waals surface area (Å²) in [6.45, 7) is 4.26. The second kappa shape index (κ2) is 7.80. The van der Waals surface area contributed by atoms with Gasteiger partial charge in [-0.15, -0.1) is 0 Å². The summed E-state index contributed by atoms with van der Waals surface area (Å²) in [5, 5.41) is 4.57. The lowest BCUT2D eigenvalue weighted by Crippen LogP contribution is -2.25. The van der Waals surface area contributed by atoms with Gasteiger partial charge in [-0.3, -0.25) is 4.79 Å². The molecule has 2 aliphatic carbocycles. The molecular formula is C25H32N4O2S. The summed E-state index contributed by atoms with van der Waals surface area (Å²) in [4.78, 5) is 16.5. The van der Waals surface area contributed by atoms with Gasteiger partial charge in [0.25, 0.3) is 5.56 Å². The fourth-order valence-corrected chi connectivity index (χ4v) is 6.71. The number of rotatable bonds is 5. The van der Waals surface area contributed by atoms with Crippen LogP contribution in [-0.2, 0) is 16.8 Å². The number of hydrogen-bond donors (Lipinski definition) is 3. The van der Waals surface area contributed by atoms with Crippen molar-refractivity contribution in [2.24, 2.45) is 13.0 Å². The molecular weight excluding hydrogens is 420 g/mol. The van der Waals surface area contributed by atoms with Crippen molar-refractivity contribution >= 4 is 26.3 Å². The Kier molecular flexibility index (Phi) is 5.19. The van der Waals surface area contributed by atoms with Crippen LogP contribution in [0, 0.1) is 17.6 Å². The molecule has 2 aromatic heterocycles. The summed E-state index contributed by atoms with van der Waals surface area (Å²) >= 11 is 0. The molecule has 1 atom stereocenters. The number of aromatic amines is 1. The SMILES string of the molecule is Cc1cc2c(-c3cc([S@@](=N)(=O)C4CC4)ccc3NC3CCC(C)CC3)cn(C)c(=O)c2[nH]1. The van der Waals surface area contributed by atoms with E-state index in [9.17, 15) is 9.00 Å². The molecule has 1 aromatic carbocycles. The van der Waals surface area contributed by atoms with E-state index in [0.29, 0.717) is 16.5 Å². The maximum Gasteiger partial charge on any atom is 0.274 e. The van der Waals surface area contributed by atoms with Crippen molar-refractivity contribution < 1.29 is 4.21 Å². The first-order valence-corrected chi connectivity index (χ1v) is 13.2. The van der Waals surface area contributed by atoms with Crippen LogP contribution in [0.2, 0.25) is 0 Å². The minimum atomic E-state index is -2.82. The van der Waals surface area contributed by atoms with Crippen LogP contribution in [0.1, 0.15) is 51.1 Å². The highest BCUT2D eigenvalue weighted by Gasteiger charge is 2.34. The number of aryl methyl sites for hydroxylation is 2. The van der Waals surface area contributed by atoms with E-state index >= 15 is 0 Å². The summed E-state index contributed by atoms with van der Waals surface area (Å²) < 4.78 is 23.4. The van der Waals surface area contributed by atoms with E-state index in [1.807, 2.05) is 37.4 Å². The number of anilines is 1. The molecule has 2 saturated carbocycles. The zero-order valence-electron chi connectivity index (χ0n) is 19.0. The molecule has 2 heterocycles.